The highest BCUT2D eigenvalue weighted by molar-refractivity contribution is 6.00. The van der Waals surface area contributed by atoms with Crippen molar-refractivity contribution in [3.05, 3.63) is 92.9 Å². The van der Waals surface area contributed by atoms with Crippen LogP contribution in [0.25, 0.3) is 12.2 Å². The molecule has 1 heterocycles. The van der Waals surface area contributed by atoms with Crippen LogP contribution in [0.15, 0.2) is 54.6 Å². The Bertz CT molecular complexity index is 1270. The van der Waals surface area contributed by atoms with Gasteiger partial charge in [0.2, 0.25) is 0 Å². The van der Waals surface area contributed by atoms with E-state index in [1.165, 1.54) is 12.1 Å². The Morgan fingerprint density at radius 1 is 0.857 bits per heavy atom. The maximum absolute atomic E-state index is 11.9. The molecule has 0 aromatic heterocycles. The first-order valence-corrected chi connectivity index (χ1v) is 8.58. The minimum Gasteiger partial charge on any atom is -0.478 e. The Balaban J connectivity index is 2.13. The molecule has 0 saturated heterocycles. The maximum Gasteiger partial charge on any atom is 0.336 e. The Morgan fingerprint density at radius 2 is 1.61 bits per heavy atom. The first kappa shape index (κ1) is 17.5. The lowest BCUT2D eigenvalue weighted by atomic mass is 9.88. The molecule has 0 unspecified atom stereocenters. The van der Waals surface area contributed by atoms with E-state index in [2.05, 4.69) is 6.58 Å². The molecule has 0 atom stereocenters. The van der Waals surface area contributed by atoms with Gasteiger partial charge in [-0.2, -0.15) is 0 Å². The van der Waals surface area contributed by atoms with Gasteiger partial charge in [0, 0.05) is 16.4 Å². The van der Waals surface area contributed by atoms with Crippen LogP contribution in [0.4, 0.5) is 0 Å². The monoisotopic (exact) mass is 372 g/mol. The summed E-state index contributed by atoms with van der Waals surface area (Å²) >= 11 is 0. The average molecular weight is 372 g/mol. The molecular formula is C23H16O5. The van der Waals surface area contributed by atoms with E-state index in [0.717, 1.165) is 21.6 Å². The Hall–Kier alpha value is -3.86. The standard InChI is InChI=1S/C23H16O5/c1-12-3-6-16-19(9-12)28-20-10-13(2)4-7-17(20)21(16)15-8-5-14(22(24)25)11-18(15)23(26)27/h3-11H,1H2,2H3,(H,24,25)(H,26,27). The number of ether oxygens (including phenoxy) is 1. The Labute approximate surface area is 160 Å². The summed E-state index contributed by atoms with van der Waals surface area (Å²) < 4.78 is 6.05. The number of carboxylic acid groups (broad SMARTS) is 2. The van der Waals surface area contributed by atoms with Crippen LogP contribution in [0.2, 0.25) is 0 Å². The summed E-state index contributed by atoms with van der Waals surface area (Å²) in [5.74, 6) is -1.17. The van der Waals surface area contributed by atoms with Gasteiger partial charge in [-0.3, -0.25) is 0 Å². The topological polar surface area (TPSA) is 83.8 Å². The van der Waals surface area contributed by atoms with Crippen LogP contribution < -0.4 is 15.2 Å². The molecule has 0 amide bonds. The lowest BCUT2D eigenvalue weighted by molar-refractivity contribution is 0.0695. The van der Waals surface area contributed by atoms with Gasteiger partial charge in [0.05, 0.1) is 11.1 Å². The van der Waals surface area contributed by atoms with Gasteiger partial charge in [0.25, 0.3) is 0 Å². The Morgan fingerprint density at radius 3 is 2.32 bits per heavy atom. The fourth-order valence-electron chi connectivity index (χ4n) is 3.40. The predicted octanol–water partition coefficient (Wildman–Crippen LogP) is 3.15. The second-order valence-corrected chi connectivity index (χ2v) is 6.68. The molecule has 3 aromatic rings. The van der Waals surface area contributed by atoms with Crippen molar-refractivity contribution in [3.63, 3.8) is 0 Å². The van der Waals surface area contributed by atoms with E-state index in [4.69, 9.17) is 4.74 Å². The number of rotatable bonds is 3. The quantitative estimate of drug-likeness (QED) is 0.577. The molecule has 5 nitrogen and oxygen atoms in total. The number of fused-ring (bicyclic) bond motifs is 2. The summed E-state index contributed by atoms with van der Waals surface area (Å²) in [6, 6.07) is 15.3. The van der Waals surface area contributed by atoms with Crippen LogP contribution in [0.5, 0.6) is 11.5 Å². The van der Waals surface area contributed by atoms with Crippen LogP contribution in [0.1, 0.15) is 37.4 Å². The highest BCUT2D eigenvalue weighted by atomic mass is 16.5. The normalized spacial score (nSPS) is 12.0. The fraction of sp³-hybridized carbons (Fsp3) is 0.0435. The molecule has 1 aliphatic rings. The minimum atomic E-state index is -1.19. The van der Waals surface area contributed by atoms with Crippen molar-refractivity contribution in [3.8, 4) is 11.5 Å². The van der Waals surface area contributed by atoms with E-state index >= 15 is 0 Å². The number of aromatic carboxylic acids is 2. The largest absolute Gasteiger partial charge is 0.478 e. The summed E-state index contributed by atoms with van der Waals surface area (Å²) in [4.78, 5) is 23.2. The molecule has 0 aliphatic carbocycles. The minimum absolute atomic E-state index is 0.0759. The van der Waals surface area contributed by atoms with Crippen LogP contribution in [-0.4, -0.2) is 22.2 Å². The SMILES string of the molecule is C=c1ccc2c(c1)Oc1cc(C)ccc1C=2c1ccc(C(=O)O)cc1C(=O)O. The average Bonchev–Trinajstić information content (AvgIpc) is 2.65. The van der Waals surface area contributed by atoms with Crippen molar-refractivity contribution in [2.45, 2.75) is 6.92 Å². The highest BCUT2D eigenvalue weighted by Gasteiger charge is 2.24. The summed E-state index contributed by atoms with van der Waals surface area (Å²) in [5.41, 5.74) is 2.72. The lowest BCUT2D eigenvalue weighted by Crippen LogP contribution is -2.21. The highest BCUT2D eigenvalue weighted by Crippen LogP contribution is 2.37. The smallest absolute Gasteiger partial charge is 0.336 e. The van der Waals surface area contributed by atoms with Crippen molar-refractivity contribution in [2.75, 3.05) is 0 Å². The molecule has 0 saturated carbocycles. The first-order valence-electron chi connectivity index (χ1n) is 8.58. The van der Waals surface area contributed by atoms with Crippen molar-refractivity contribution in [1.82, 2.24) is 0 Å². The van der Waals surface area contributed by atoms with Crippen LogP contribution in [-0.2, 0) is 0 Å². The lowest BCUT2D eigenvalue weighted by Gasteiger charge is -2.22. The third-order valence-corrected chi connectivity index (χ3v) is 4.71. The van der Waals surface area contributed by atoms with E-state index in [9.17, 15) is 19.8 Å². The third kappa shape index (κ3) is 2.83. The number of aryl methyl sites for hydroxylation is 1. The fourth-order valence-corrected chi connectivity index (χ4v) is 3.40. The van der Waals surface area contributed by atoms with Crippen molar-refractivity contribution in [2.24, 2.45) is 0 Å². The van der Waals surface area contributed by atoms with Gasteiger partial charge in [-0.15, -0.1) is 0 Å². The van der Waals surface area contributed by atoms with Gasteiger partial charge in [0.15, 0.2) is 0 Å². The molecule has 28 heavy (non-hydrogen) atoms. The van der Waals surface area contributed by atoms with E-state index in [0.29, 0.717) is 22.6 Å². The summed E-state index contributed by atoms with van der Waals surface area (Å²) in [5, 5.41) is 20.5. The molecule has 138 valence electrons. The predicted molar refractivity (Wildman–Crippen MR) is 104 cm³/mol. The van der Waals surface area contributed by atoms with Crippen LogP contribution in [0, 0.1) is 6.92 Å². The van der Waals surface area contributed by atoms with E-state index in [1.807, 2.05) is 37.3 Å². The number of carbonyl (C=O) groups is 2. The molecule has 0 spiro atoms. The molecule has 0 bridgehead atoms. The molecular weight excluding hydrogens is 356 g/mol. The van der Waals surface area contributed by atoms with E-state index < -0.39 is 11.9 Å². The Kier molecular flexibility index (Phi) is 4.00. The van der Waals surface area contributed by atoms with Crippen LogP contribution >= 0.6 is 0 Å². The van der Waals surface area contributed by atoms with Gasteiger partial charge in [0.1, 0.15) is 11.5 Å². The number of benzene rings is 3. The molecule has 0 radical (unpaired) electrons. The number of carboxylic acids is 2. The van der Waals surface area contributed by atoms with Crippen LogP contribution in [0.3, 0.4) is 0 Å². The second-order valence-electron chi connectivity index (χ2n) is 6.68. The molecule has 1 aliphatic heterocycles. The molecule has 3 aromatic carbocycles. The summed E-state index contributed by atoms with van der Waals surface area (Å²) in [7, 11) is 0. The number of hydrogen-bond donors (Lipinski definition) is 2. The summed E-state index contributed by atoms with van der Waals surface area (Å²) in [6.07, 6.45) is 0. The molecule has 5 heteroatoms. The van der Waals surface area contributed by atoms with Gasteiger partial charge >= 0.3 is 11.9 Å². The van der Waals surface area contributed by atoms with Crippen molar-refractivity contribution >= 4 is 24.1 Å². The molecule has 0 fully saturated rings. The van der Waals surface area contributed by atoms with Crippen molar-refractivity contribution < 1.29 is 24.5 Å². The summed E-state index contributed by atoms with van der Waals surface area (Å²) in [6.45, 7) is 5.87. The van der Waals surface area contributed by atoms with Gasteiger partial charge < -0.3 is 14.9 Å². The maximum atomic E-state index is 11.9. The zero-order valence-electron chi connectivity index (χ0n) is 15.0. The van der Waals surface area contributed by atoms with Gasteiger partial charge in [-0.05, 0) is 47.5 Å². The zero-order valence-corrected chi connectivity index (χ0v) is 15.0. The zero-order chi connectivity index (χ0) is 20.0. The van der Waals surface area contributed by atoms with Gasteiger partial charge in [-0.25, -0.2) is 9.59 Å². The first-order chi connectivity index (χ1) is 13.3. The molecule has 4 rings (SSSR count). The molecule has 2 N–H and O–H groups in total. The number of hydrogen-bond acceptors (Lipinski definition) is 3. The van der Waals surface area contributed by atoms with Gasteiger partial charge in [-0.1, -0.05) is 36.9 Å². The van der Waals surface area contributed by atoms with E-state index in [1.54, 1.807) is 12.1 Å². The van der Waals surface area contributed by atoms with E-state index in [-0.39, 0.29) is 11.1 Å². The second kappa shape index (κ2) is 6.39. The van der Waals surface area contributed by atoms with Crippen molar-refractivity contribution in [1.29, 1.82) is 0 Å². The third-order valence-electron chi connectivity index (χ3n) is 4.71.